The molecule has 2 saturated heterocycles. The van der Waals surface area contributed by atoms with Gasteiger partial charge < -0.3 is 20.0 Å². The molecule has 0 aliphatic carbocycles. The van der Waals surface area contributed by atoms with Gasteiger partial charge in [-0.15, -0.1) is 10.2 Å². The second kappa shape index (κ2) is 9.69. The number of hydrogen-bond donors (Lipinski definition) is 1. The number of carbonyl (C=O) groups is 2. The van der Waals surface area contributed by atoms with E-state index in [2.05, 4.69) is 25.4 Å². The predicted octanol–water partition coefficient (Wildman–Crippen LogP) is 2.93. The minimum Gasteiger partial charge on any atom is -0.352 e. The SMILES string of the molecule is Cc1ccc(N2CC(C(=O)N3CCN(c4ccc(Nc5cc(C)ccn5)nn4)CC3)CC2=O)cc1. The molecule has 0 saturated carbocycles. The van der Waals surface area contributed by atoms with Gasteiger partial charge in [-0.2, -0.15) is 0 Å². The van der Waals surface area contributed by atoms with Gasteiger partial charge in [0.05, 0.1) is 5.92 Å². The van der Waals surface area contributed by atoms with Crippen LogP contribution in [-0.2, 0) is 9.59 Å². The molecule has 4 heterocycles. The molecule has 3 aromatic rings. The Morgan fingerprint density at radius 1 is 0.914 bits per heavy atom. The standard InChI is InChI=1S/C26H29N7O2/c1-18-3-5-21(6-4-18)33-17-20(16-25(33)34)26(35)32-13-11-31(12-14-32)24-8-7-22(29-30-24)28-23-15-19(2)9-10-27-23/h3-10,15,20H,11-14,16-17H2,1-2H3,(H,27,28,29). The monoisotopic (exact) mass is 471 g/mol. The van der Waals surface area contributed by atoms with Crippen LogP contribution in [0.5, 0.6) is 0 Å². The summed E-state index contributed by atoms with van der Waals surface area (Å²) in [5.41, 5.74) is 3.12. The van der Waals surface area contributed by atoms with Crippen molar-refractivity contribution < 1.29 is 9.59 Å². The summed E-state index contributed by atoms with van der Waals surface area (Å²) < 4.78 is 0. The third-order valence-corrected chi connectivity index (χ3v) is 6.56. The van der Waals surface area contributed by atoms with Crippen LogP contribution in [0.1, 0.15) is 17.5 Å². The third kappa shape index (κ3) is 5.08. The van der Waals surface area contributed by atoms with Gasteiger partial charge >= 0.3 is 0 Å². The molecule has 2 amide bonds. The highest BCUT2D eigenvalue weighted by Gasteiger charge is 2.38. The Hall–Kier alpha value is -4.01. The highest BCUT2D eigenvalue weighted by Crippen LogP contribution is 2.27. The van der Waals surface area contributed by atoms with Crippen molar-refractivity contribution in [3.05, 3.63) is 65.9 Å². The van der Waals surface area contributed by atoms with Gasteiger partial charge in [0.1, 0.15) is 5.82 Å². The number of aryl methyl sites for hydroxylation is 2. The van der Waals surface area contributed by atoms with Gasteiger partial charge in [-0.1, -0.05) is 17.7 Å². The Morgan fingerprint density at radius 2 is 1.69 bits per heavy atom. The van der Waals surface area contributed by atoms with Gasteiger partial charge in [0.15, 0.2) is 11.6 Å². The maximum atomic E-state index is 13.1. The summed E-state index contributed by atoms with van der Waals surface area (Å²) in [7, 11) is 0. The summed E-state index contributed by atoms with van der Waals surface area (Å²) >= 11 is 0. The lowest BCUT2D eigenvalue weighted by molar-refractivity contribution is -0.136. The van der Waals surface area contributed by atoms with Gasteiger partial charge in [0.2, 0.25) is 11.8 Å². The average Bonchev–Trinajstić information content (AvgIpc) is 3.26. The Balaban J connectivity index is 1.15. The normalized spacial score (nSPS) is 18.2. The van der Waals surface area contributed by atoms with Crippen molar-refractivity contribution in [1.29, 1.82) is 0 Å². The zero-order valence-electron chi connectivity index (χ0n) is 20.0. The Bertz CT molecular complexity index is 1210. The van der Waals surface area contributed by atoms with E-state index in [1.54, 1.807) is 11.1 Å². The summed E-state index contributed by atoms with van der Waals surface area (Å²) in [4.78, 5) is 35.7. The summed E-state index contributed by atoms with van der Waals surface area (Å²) in [6.45, 7) is 7.02. The number of anilines is 4. The van der Waals surface area contributed by atoms with Crippen molar-refractivity contribution in [3.8, 4) is 0 Å². The summed E-state index contributed by atoms with van der Waals surface area (Å²) in [5, 5.41) is 11.8. The van der Waals surface area contributed by atoms with Crippen LogP contribution in [0.15, 0.2) is 54.7 Å². The lowest BCUT2D eigenvalue weighted by Crippen LogP contribution is -2.51. The maximum Gasteiger partial charge on any atom is 0.228 e. The number of nitrogens with one attached hydrogen (secondary N) is 1. The van der Waals surface area contributed by atoms with Crippen molar-refractivity contribution in [1.82, 2.24) is 20.1 Å². The van der Waals surface area contributed by atoms with E-state index in [1.807, 2.05) is 67.3 Å². The van der Waals surface area contributed by atoms with Crippen molar-refractivity contribution >= 4 is 35.0 Å². The number of pyridine rings is 1. The molecule has 9 heteroatoms. The van der Waals surface area contributed by atoms with Crippen molar-refractivity contribution in [2.45, 2.75) is 20.3 Å². The van der Waals surface area contributed by atoms with Gasteiger partial charge in [-0.3, -0.25) is 9.59 Å². The van der Waals surface area contributed by atoms with Gasteiger partial charge in [0, 0.05) is 51.0 Å². The van der Waals surface area contributed by atoms with Crippen LogP contribution in [-0.4, -0.2) is 64.6 Å². The van der Waals surface area contributed by atoms with Gasteiger partial charge in [-0.25, -0.2) is 4.98 Å². The fourth-order valence-corrected chi connectivity index (χ4v) is 4.56. The van der Waals surface area contributed by atoms with Crippen LogP contribution in [0.25, 0.3) is 0 Å². The van der Waals surface area contributed by atoms with Crippen LogP contribution in [0.2, 0.25) is 0 Å². The molecule has 1 atom stereocenters. The number of rotatable bonds is 5. The van der Waals surface area contributed by atoms with E-state index < -0.39 is 0 Å². The third-order valence-electron chi connectivity index (χ3n) is 6.56. The number of aromatic nitrogens is 3. The molecule has 1 N–H and O–H groups in total. The number of hydrogen-bond acceptors (Lipinski definition) is 7. The molecule has 2 aromatic heterocycles. The first kappa shape index (κ1) is 22.8. The van der Waals surface area contributed by atoms with Gasteiger partial charge in [-0.05, 0) is 55.8 Å². The highest BCUT2D eigenvalue weighted by molar-refractivity contribution is 6.00. The summed E-state index contributed by atoms with van der Waals surface area (Å²) in [5.74, 6) is 1.91. The lowest BCUT2D eigenvalue weighted by atomic mass is 10.1. The number of amides is 2. The van der Waals surface area contributed by atoms with E-state index >= 15 is 0 Å². The van der Waals surface area contributed by atoms with Crippen LogP contribution >= 0.6 is 0 Å². The smallest absolute Gasteiger partial charge is 0.228 e. The Kier molecular flexibility index (Phi) is 6.31. The average molecular weight is 472 g/mol. The molecule has 0 radical (unpaired) electrons. The van der Waals surface area contributed by atoms with Crippen LogP contribution in [0.4, 0.5) is 23.1 Å². The molecule has 35 heavy (non-hydrogen) atoms. The molecule has 0 spiro atoms. The molecule has 1 unspecified atom stereocenters. The topological polar surface area (TPSA) is 94.6 Å². The second-order valence-corrected chi connectivity index (χ2v) is 9.17. The molecule has 9 nitrogen and oxygen atoms in total. The zero-order chi connectivity index (χ0) is 24.4. The largest absolute Gasteiger partial charge is 0.352 e. The van der Waals surface area contributed by atoms with E-state index in [0.29, 0.717) is 38.5 Å². The fourth-order valence-electron chi connectivity index (χ4n) is 4.56. The first-order chi connectivity index (χ1) is 17.0. The Labute approximate surface area is 204 Å². The van der Waals surface area contributed by atoms with Crippen molar-refractivity contribution in [3.63, 3.8) is 0 Å². The molecular formula is C26H29N7O2. The highest BCUT2D eigenvalue weighted by atomic mass is 16.2. The zero-order valence-corrected chi connectivity index (χ0v) is 20.0. The first-order valence-corrected chi connectivity index (χ1v) is 11.9. The van der Waals surface area contributed by atoms with E-state index in [4.69, 9.17) is 0 Å². The van der Waals surface area contributed by atoms with E-state index in [-0.39, 0.29) is 24.2 Å². The molecule has 1 aromatic carbocycles. The second-order valence-electron chi connectivity index (χ2n) is 9.17. The number of carbonyl (C=O) groups excluding carboxylic acids is 2. The molecule has 180 valence electrons. The number of nitrogens with zero attached hydrogens (tertiary/aromatic N) is 6. The minimum atomic E-state index is -0.296. The molecule has 2 aliphatic rings. The van der Waals surface area contributed by atoms with Crippen molar-refractivity contribution in [2.24, 2.45) is 5.92 Å². The summed E-state index contributed by atoms with van der Waals surface area (Å²) in [6, 6.07) is 15.6. The lowest BCUT2D eigenvalue weighted by Gasteiger charge is -2.36. The first-order valence-electron chi connectivity index (χ1n) is 11.9. The van der Waals surface area contributed by atoms with E-state index in [0.717, 1.165) is 28.5 Å². The van der Waals surface area contributed by atoms with Gasteiger partial charge in [0.25, 0.3) is 0 Å². The fraction of sp³-hybridized carbons (Fsp3) is 0.346. The molecule has 2 aliphatic heterocycles. The Morgan fingerprint density at radius 3 is 2.37 bits per heavy atom. The van der Waals surface area contributed by atoms with E-state index in [1.165, 1.54) is 0 Å². The number of piperazine rings is 1. The molecule has 0 bridgehead atoms. The maximum absolute atomic E-state index is 13.1. The van der Waals surface area contributed by atoms with Crippen LogP contribution < -0.4 is 15.1 Å². The predicted molar refractivity (Wildman–Crippen MR) is 135 cm³/mol. The molecular weight excluding hydrogens is 442 g/mol. The number of benzene rings is 1. The quantitative estimate of drug-likeness (QED) is 0.611. The van der Waals surface area contributed by atoms with Crippen molar-refractivity contribution in [2.75, 3.05) is 47.8 Å². The minimum absolute atomic E-state index is 0.00989. The van der Waals surface area contributed by atoms with Crippen LogP contribution in [0.3, 0.4) is 0 Å². The molecule has 5 rings (SSSR count). The van der Waals surface area contributed by atoms with Crippen LogP contribution in [0, 0.1) is 19.8 Å². The molecule has 2 fully saturated rings. The summed E-state index contributed by atoms with van der Waals surface area (Å²) in [6.07, 6.45) is 2.02. The van der Waals surface area contributed by atoms with E-state index in [9.17, 15) is 9.59 Å².